The maximum Gasteiger partial charge on any atom is 0.248 e. The van der Waals surface area contributed by atoms with Crippen molar-refractivity contribution in [3.63, 3.8) is 0 Å². The van der Waals surface area contributed by atoms with E-state index in [-0.39, 0.29) is 23.8 Å². The first kappa shape index (κ1) is 14.0. The monoisotopic (exact) mass is 287 g/mol. The normalized spacial score (nSPS) is 28.0. The Balaban J connectivity index is 1.90. The third-order valence-electron chi connectivity index (χ3n) is 4.71. The summed E-state index contributed by atoms with van der Waals surface area (Å²) < 4.78 is 0. The molecule has 1 saturated heterocycles. The van der Waals surface area contributed by atoms with Gasteiger partial charge in [-0.05, 0) is 44.2 Å². The van der Waals surface area contributed by atoms with Crippen LogP contribution in [0.2, 0.25) is 0 Å². The molecule has 5 nitrogen and oxygen atoms in total. The van der Waals surface area contributed by atoms with Crippen molar-refractivity contribution in [2.24, 2.45) is 5.92 Å². The van der Waals surface area contributed by atoms with Gasteiger partial charge in [0.15, 0.2) is 0 Å². The van der Waals surface area contributed by atoms with Gasteiger partial charge in [0.25, 0.3) is 0 Å². The van der Waals surface area contributed by atoms with Gasteiger partial charge in [0.2, 0.25) is 11.8 Å². The van der Waals surface area contributed by atoms with E-state index in [9.17, 15) is 9.59 Å². The van der Waals surface area contributed by atoms with Crippen LogP contribution < -0.4 is 5.32 Å². The molecule has 2 heterocycles. The highest BCUT2D eigenvalue weighted by molar-refractivity contribution is 5.94. The summed E-state index contributed by atoms with van der Waals surface area (Å²) in [5.74, 6) is 0.279. The molecular weight excluding hydrogens is 266 g/mol. The minimum Gasteiger partial charge on any atom is -0.342 e. The van der Waals surface area contributed by atoms with Gasteiger partial charge in [-0.2, -0.15) is 0 Å². The molecule has 0 radical (unpaired) electrons. The van der Waals surface area contributed by atoms with Gasteiger partial charge < -0.3 is 10.2 Å². The van der Waals surface area contributed by atoms with Gasteiger partial charge in [0, 0.05) is 25.4 Å². The van der Waals surface area contributed by atoms with Gasteiger partial charge >= 0.3 is 0 Å². The summed E-state index contributed by atoms with van der Waals surface area (Å²) in [4.78, 5) is 30.9. The number of pyridine rings is 1. The standard InChI is InChI=1S/C16H21N3O2/c1-11(12-4-3-8-17-10-12)19-9-7-14(20)18-16(2,15(19)21)13-5-6-13/h3-4,8,10-11,13H,5-7,9H2,1-2H3,(H,18,20). The molecular formula is C16H21N3O2. The zero-order chi connectivity index (χ0) is 15.0. The van der Waals surface area contributed by atoms with E-state index >= 15 is 0 Å². The number of rotatable bonds is 3. The predicted molar refractivity (Wildman–Crippen MR) is 78.3 cm³/mol. The van der Waals surface area contributed by atoms with Crippen LogP contribution in [0.25, 0.3) is 0 Å². The highest BCUT2D eigenvalue weighted by Gasteiger charge is 2.51. The molecule has 112 valence electrons. The van der Waals surface area contributed by atoms with Crippen LogP contribution in [0.3, 0.4) is 0 Å². The van der Waals surface area contributed by atoms with Crippen LogP contribution in [-0.2, 0) is 9.59 Å². The lowest BCUT2D eigenvalue weighted by Gasteiger charge is -2.35. The summed E-state index contributed by atoms with van der Waals surface area (Å²) in [6.07, 6.45) is 5.89. The number of amides is 2. The molecule has 21 heavy (non-hydrogen) atoms. The first-order chi connectivity index (χ1) is 10.0. The topological polar surface area (TPSA) is 62.3 Å². The quantitative estimate of drug-likeness (QED) is 0.919. The number of nitrogens with zero attached hydrogens (tertiary/aromatic N) is 2. The lowest BCUT2D eigenvalue weighted by Crippen LogP contribution is -2.57. The molecule has 1 aromatic rings. The summed E-state index contributed by atoms with van der Waals surface area (Å²) in [5, 5.41) is 2.96. The molecule has 2 unspecified atom stereocenters. The maximum absolute atomic E-state index is 13.0. The van der Waals surface area contributed by atoms with Crippen LogP contribution in [0.1, 0.15) is 44.7 Å². The fourth-order valence-electron chi connectivity index (χ4n) is 3.14. The lowest BCUT2D eigenvalue weighted by molar-refractivity contribution is -0.141. The zero-order valence-electron chi connectivity index (χ0n) is 12.5. The first-order valence-corrected chi connectivity index (χ1v) is 7.54. The van der Waals surface area contributed by atoms with E-state index < -0.39 is 5.54 Å². The molecule has 1 N–H and O–H groups in total. The Morgan fingerprint density at radius 1 is 1.43 bits per heavy atom. The maximum atomic E-state index is 13.0. The molecule has 5 heteroatoms. The molecule has 1 saturated carbocycles. The molecule has 0 spiro atoms. The van der Waals surface area contributed by atoms with Crippen LogP contribution in [-0.4, -0.2) is 33.8 Å². The van der Waals surface area contributed by atoms with Crippen molar-refractivity contribution in [1.82, 2.24) is 15.2 Å². The number of hydrogen-bond acceptors (Lipinski definition) is 3. The number of aromatic nitrogens is 1. The zero-order valence-corrected chi connectivity index (χ0v) is 12.5. The predicted octanol–water partition coefficient (Wildman–Crippen LogP) is 1.66. The van der Waals surface area contributed by atoms with Crippen molar-refractivity contribution >= 4 is 11.8 Å². The Morgan fingerprint density at radius 2 is 2.19 bits per heavy atom. The average molecular weight is 287 g/mol. The van der Waals surface area contributed by atoms with Crippen LogP contribution in [0.4, 0.5) is 0 Å². The van der Waals surface area contributed by atoms with E-state index in [1.807, 2.05) is 30.9 Å². The molecule has 2 atom stereocenters. The fraction of sp³-hybridized carbons (Fsp3) is 0.562. The molecule has 2 amide bonds. The Hall–Kier alpha value is -1.91. The van der Waals surface area contributed by atoms with Crippen molar-refractivity contribution in [3.05, 3.63) is 30.1 Å². The third kappa shape index (κ3) is 2.52. The Bertz CT molecular complexity index is 556. The van der Waals surface area contributed by atoms with Gasteiger partial charge in [0.05, 0.1) is 6.04 Å². The Morgan fingerprint density at radius 3 is 2.81 bits per heavy atom. The Kier molecular flexibility index (Phi) is 3.43. The second-order valence-electron chi connectivity index (χ2n) is 6.24. The number of hydrogen-bond donors (Lipinski definition) is 1. The van der Waals surface area contributed by atoms with Gasteiger partial charge in [-0.1, -0.05) is 6.07 Å². The number of carbonyl (C=O) groups excluding carboxylic acids is 2. The molecule has 0 bridgehead atoms. The summed E-state index contributed by atoms with van der Waals surface area (Å²) in [7, 11) is 0. The van der Waals surface area contributed by atoms with Gasteiger partial charge in [-0.25, -0.2) is 0 Å². The molecule has 3 rings (SSSR count). The van der Waals surface area contributed by atoms with Crippen LogP contribution in [0.15, 0.2) is 24.5 Å². The molecule has 1 aliphatic heterocycles. The Labute approximate surface area is 124 Å². The van der Waals surface area contributed by atoms with Crippen LogP contribution in [0.5, 0.6) is 0 Å². The molecule has 1 aromatic heterocycles. The minimum atomic E-state index is -0.746. The second kappa shape index (κ2) is 5.13. The SMILES string of the molecule is CC(c1cccnc1)N1CCC(=O)NC(C)(C2CC2)C1=O. The lowest BCUT2D eigenvalue weighted by atomic mass is 9.93. The summed E-state index contributed by atoms with van der Waals surface area (Å²) in [6, 6.07) is 3.77. The average Bonchev–Trinajstić information content (AvgIpc) is 3.32. The van der Waals surface area contributed by atoms with E-state index in [0.29, 0.717) is 13.0 Å². The van der Waals surface area contributed by atoms with E-state index in [4.69, 9.17) is 0 Å². The highest BCUT2D eigenvalue weighted by atomic mass is 16.2. The second-order valence-corrected chi connectivity index (χ2v) is 6.24. The molecule has 2 aliphatic rings. The van der Waals surface area contributed by atoms with Crippen molar-refractivity contribution in [3.8, 4) is 0 Å². The molecule has 0 aromatic carbocycles. The molecule has 2 fully saturated rings. The van der Waals surface area contributed by atoms with E-state index in [0.717, 1.165) is 18.4 Å². The largest absolute Gasteiger partial charge is 0.342 e. The smallest absolute Gasteiger partial charge is 0.248 e. The molecule has 1 aliphatic carbocycles. The third-order valence-corrected chi connectivity index (χ3v) is 4.71. The van der Waals surface area contributed by atoms with Gasteiger partial charge in [0.1, 0.15) is 5.54 Å². The van der Waals surface area contributed by atoms with Gasteiger partial charge in [-0.15, -0.1) is 0 Å². The van der Waals surface area contributed by atoms with E-state index in [1.54, 1.807) is 12.4 Å². The minimum absolute atomic E-state index is 0.0290. The number of nitrogens with one attached hydrogen (secondary N) is 1. The summed E-state index contributed by atoms with van der Waals surface area (Å²) >= 11 is 0. The van der Waals surface area contributed by atoms with Crippen molar-refractivity contribution in [1.29, 1.82) is 0 Å². The fourth-order valence-corrected chi connectivity index (χ4v) is 3.14. The first-order valence-electron chi connectivity index (χ1n) is 7.54. The number of carbonyl (C=O) groups is 2. The summed E-state index contributed by atoms with van der Waals surface area (Å²) in [5.41, 5.74) is 0.252. The van der Waals surface area contributed by atoms with Crippen molar-refractivity contribution in [2.75, 3.05) is 6.54 Å². The van der Waals surface area contributed by atoms with Crippen molar-refractivity contribution < 1.29 is 9.59 Å². The van der Waals surface area contributed by atoms with Crippen LogP contribution >= 0.6 is 0 Å². The van der Waals surface area contributed by atoms with E-state index in [1.165, 1.54) is 0 Å². The highest BCUT2D eigenvalue weighted by Crippen LogP contribution is 2.42. The summed E-state index contributed by atoms with van der Waals surface area (Å²) in [6.45, 7) is 4.33. The van der Waals surface area contributed by atoms with Gasteiger partial charge in [-0.3, -0.25) is 14.6 Å². The van der Waals surface area contributed by atoms with Crippen LogP contribution in [0, 0.1) is 5.92 Å². The van der Waals surface area contributed by atoms with Crippen molar-refractivity contribution in [2.45, 2.75) is 44.7 Å². The van der Waals surface area contributed by atoms with E-state index in [2.05, 4.69) is 10.3 Å².